The average molecular weight is 460 g/mol. The molecular formula is C23H29N3O5S. The molecule has 0 saturated carbocycles. The van der Waals surface area contributed by atoms with E-state index in [9.17, 15) is 13.2 Å². The van der Waals surface area contributed by atoms with Gasteiger partial charge in [0.1, 0.15) is 0 Å². The maximum atomic E-state index is 13.1. The van der Waals surface area contributed by atoms with Gasteiger partial charge in [-0.2, -0.15) is 4.31 Å². The Balaban J connectivity index is 1.56. The molecule has 0 aliphatic carbocycles. The predicted octanol–water partition coefficient (Wildman–Crippen LogP) is 2.12. The van der Waals surface area contributed by atoms with Crippen molar-refractivity contribution in [1.82, 2.24) is 4.31 Å². The average Bonchev–Trinajstić information content (AvgIpc) is 2.84. The van der Waals surface area contributed by atoms with Crippen molar-refractivity contribution in [2.45, 2.75) is 17.7 Å². The zero-order valence-corrected chi connectivity index (χ0v) is 18.9. The molecule has 1 amide bonds. The van der Waals surface area contributed by atoms with Crippen LogP contribution >= 0.6 is 0 Å². The quantitative estimate of drug-likeness (QED) is 0.682. The molecule has 2 aliphatic rings. The van der Waals surface area contributed by atoms with Crippen LogP contribution in [0.1, 0.15) is 12.0 Å². The summed E-state index contributed by atoms with van der Waals surface area (Å²) in [5.74, 6) is -0.149. The maximum absolute atomic E-state index is 13.1. The summed E-state index contributed by atoms with van der Waals surface area (Å²) in [5, 5.41) is 2.96. The molecule has 32 heavy (non-hydrogen) atoms. The Bertz CT molecular complexity index is 1020. The molecule has 0 spiro atoms. The third-order valence-electron chi connectivity index (χ3n) is 5.69. The summed E-state index contributed by atoms with van der Waals surface area (Å²) in [6.45, 7) is 3.97. The Morgan fingerprint density at radius 3 is 2.25 bits per heavy atom. The zero-order chi connectivity index (χ0) is 22.4. The molecule has 2 aliphatic heterocycles. The van der Waals surface area contributed by atoms with Gasteiger partial charge in [-0.3, -0.25) is 4.79 Å². The first-order valence-electron chi connectivity index (χ1n) is 10.9. The van der Waals surface area contributed by atoms with E-state index in [-0.39, 0.29) is 10.8 Å². The number of nitrogens with one attached hydrogen (secondary N) is 1. The molecule has 8 nitrogen and oxygen atoms in total. The standard InChI is InChI=1S/C23H29N3O5S/c27-23(9-6-19-4-2-1-3-5-19)24-21-18-20(32(28,29)26-12-16-31-17-13-26)7-8-22(21)25-10-14-30-15-11-25/h1-5,7-8,18H,6,9-17H2,(H,24,27). The third-order valence-corrected chi connectivity index (χ3v) is 7.58. The Morgan fingerprint density at radius 2 is 1.56 bits per heavy atom. The highest BCUT2D eigenvalue weighted by Crippen LogP contribution is 2.31. The summed E-state index contributed by atoms with van der Waals surface area (Å²) in [6.07, 6.45) is 0.929. The summed E-state index contributed by atoms with van der Waals surface area (Å²) >= 11 is 0. The number of carbonyl (C=O) groups excluding carboxylic acids is 1. The van der Waals surface area contributed by atoms with Crippen LogP contribution in [0.25, 0.3) is 0 Å². The highest BCUT2D eigenvalue weighted by atomic mass is 32.2. The van der Waals surface area contributed by atoms with E-state index in [0.29, 0.717) is 71.1 Å². The van der Waals surface area contributed by atoms with E-state index in [1.165, 1.54) is 4.31 Å². The van der Waals surface area contributed by atoms with Crippen LogP contribution in [0, 0.1) is 0 Å². The van der Waals surface area contributed by atoms with Gasteiger partial charge in [-0.1, -0.05) is 30.3 Å². The van der Waals surface area contributed by atoms with Gasteiger partial charge in [-0.05, 0) is 30.2 Å². The molecule has 2 fully saturated rings. The molecule has 9 heteroatoms. The van der Waals surface area contributed by atoms with Crippen molar-refractivity contribution in [3.05, 3.63) is 54.1 Å². The summed E-state index contributed by atoms with van der Waals surface area (Å²) in [6, 6.07) is 14.8. The molecule has 1 N–H and O–H groups in total. The van der Waals surface area contributed by atoms with Gasteiger partial charge in [0.2, 0.25) is 15.9 Å². The minimum atomic E-state index is -3.66. The number of nitrogens with zero attached hydrogens (tertiary/aromatic N) is 2. The largest absolute Gasteiger partial charge is 0.379 e. The maximum Gasteiger partial charge on any atom is 0.243 e. The Labute approximate surface area is 189 Å². The lowest BCUT2D eigenvalue weighted by atomic mass is 10.1. The molecule has 172 valence electrons. The van der Waals surface area contributed by atoms with E-state index in [0.717, 1.165) is 11.3 Å². The van der Waals surface area contributed by atoms with E-state index in [4.69, 9.17) is 9.47 Å². The second-order valence-corrected chi connectivity index (χ2v) is 9.77. The number of morpholine rings is 2. The van der Waals surface area contributed by atoms with E-state index in [1.54, 1.807) is 18.2 Å². The lowest BCUT2D eigenvalue weighted by Crippen LogP contribution is -2.40. The van der Waals surface area contributed by atoms with Gasteiger partial charge >= 0.3 is 0 Å². The smallest absolute Gasteiger partial charge is 0.243 e. The molecule has 2 heterocycles. The SMILES string of the molecule is O=C(CCc1ccccc1)Nc1cc(S(=O)(=O)N2CCOCC2)ccc1N1CCOCC1. The summed E-state index contributed by atoms with van der Waals surface area (Å²) < 4.78 is 38.5. The summed E-state index contributed by atoms with van der Waals surface area (Å²) in [5.41, 5.74) is 2.40. The normalized spacial score (nSPS) is 17.8. The van der Waals surface area contributed by atoms with E-state index < -0.39 is 10.0 Å². The Morgan fingerprint density at radius 1 is 0.906 bits per heavy atom. The molecule has 2 aromatic carbocycles. The topological polar surface area (TPSA) is 88.2 Å². The van der Waals surface area contributed by atoms with Crippen LogP contribution < -0.4 is 10.2 Å². The number of benzene rings is 2. The highest BCUT2D eigenvalue weighted by molar-refractivity contribution is 7.89. The number of aryl methyl sites for hydroxylation is 1. The monoisotopic (exact) mass is 459 g/mol. The van der Waals surface area contributed by atoms with Gasteiger partial charge in [0.25, 0.3) is 0 Å². The fourth-order valence-corrected chi connectivity index (χ4v) is 5.34. The molecular weight excluding hydrogens is 430 g/mol. The number of ether oxygens (including phenoxy) is 2. The minimum Gasteiger partial charge on any atom is -0.379 e. The number of rotatable bonds is 7. The first-order chi connectivity index (χ1) is 15.5. The van der Waals surface area contributed by atoms with Crippen LogP contribution in [-0.4, -0.2) is 71.2 Å². The molecule has 0 aromatic heterocycles. The van der Waals surface area contributed by atoms with Crippen molar-refractivity contribution in [1.29, 1.82) is 0 Å². The number of hydrogen-bond acceptors (Lipinski definition) is 6. The Kier molecular flexibility index (Phi) is 7.41. The van der Waals surface area contributed by atoms with Crippen molar-refractivity contribution in [3.63, 3.8) is 0 Å². The summed E-state index contributed by atoms with van der Waals surface area (Å²) in [7, 11) is -3.66. The number of sulfonamides is 1. The fourth-order valence-electron chi connectivity index (χ4n) is 3.91. The van der Waals surface area contributed by atoms with Crippen LogP contribution in [0.3, 0.4) is 0 Å². The van der Waals surface area contributed by atoms with Crippen LogP contribution in [0.2, 0.25) is 0 Å². The molecule has 0 unspecified atom stereocenters. The fraction of sp³-hybridized carbons (Fsp3) is 0.435. The molecule has 0 radical (unpaired) electrons. The van der Waals surface area contributed by atoms with Crippen molar-refractivity contribution in [2.24, 2.45) is 0 Å². The second kappa shape index (κ2) is 10.4. The molecule has 0 bridgehead atoms. The van der Waals surface area contributed by atoms with Crippen molar-refractivity contribution in [2.75, 3.05) is 62.8 Å². The van der Waals surface area contributed by atoms with Crippen LogP contribution in [0.15, 0.2) is 53.4 Å². The first kappa shape index (κ1) is 22.7. The van der Waals surface area contributed by atoms with E-state index in [2.05, 4.69) is 10.2 Å². The van der Waals surface area contributed by atoms with Gasteiger partial charge in [0.05, 0.1) is 42.7 Å². The van der Waals surface area contributed by atoms with Crippen LogP contribution in [-0.2, 0) is 30.7 Å². The van der Waals surface area contributed by atoms with Gasteiger partial charge in [-0.15, -0.1) is 0 Å². The van der Waals surface area contributed by atoms with Crippen molar-refractivity contribution < 1.29 is 22.7 Å². The number of hydrogen-bond donors (Lipinski definition) is 1. The lowest BCUT2D eigenvalue weighted by Gasteiger charge is -2.31. The second-order valence-electron chi connectivity index (χ2n) is 7.83. The van der Waals surface area contributed by atoms with Crippen LogP contribution in [0.4, 0.5) is 11.4 Å². The zero-order valence-electron chi connectivity index (χ0n) is 18.0. The number of amides is 1. The molecule has 2 saturated heterocycles. The lowest BCUT2D eigenvalue weighted by molar-refractivity contribution is -0.116. The minimum absolute atomic E-state index is 0.149. The van der Waals surface area contributed by atoms with Gasteiger partial charge in [0.15, 0.2) is 0 Å². The summed E-state index contributed by atoms with van der Waals surface area (Å²) in [4.78, 5) is 15.0. The van der Waals surface area contributed by atoms with Gasteiger partial charge in [0, 0.05) is 32.6 Å². The predicted molar refractivity (Wildman–Crippen MR) is 122 cm³/mol. The molecule has 0 atom stereocenters. The van der Waals surface area contributed by atoms with E-state index in [1.807, 2.05) is 30.3 Å². The first-order valence-corrected chi connectivity index (χ1v) is 12.4. The van der Waals surface area contributed by atoms with Crippen molar-refractivity contribution in [3.8, 4) is 0 Å². The Hall–Kier alpha value is -2.46. The molecule has 2 aromatic rings. The number of carbonyl (C=O) groups is 1. The van der Waals surface area contributed by atoms with Gasteiger partial charge < -0.3 is 19.7 Å². The highest BCUT2D eigenvalue weighted by Gasteiger charge is 2.28. The van der Waals surface area contributed by atoms with Crippen molar-refractivity contribution >= 4 is 27.3 Å². The molecule has 4 rings (SSSR count). The van der Waals surface area contributed by atoms with Crippen LogP contribution in [0.5, 0.6) is 0 Å². The van der Waals surface area contributed by atoms with E-state index >= 15 is 0 Å². The number of anilines is 2. The third kappa shape index (κ3) is 5.47. The van der Waals surface area contributed by atoms with Gasteiger partial charge in [-0.25, -0.2) is 8.42 Å².